The predicted octanol–water partition coefficient (Wildman–Crippen LogP) is 2.28. The molecule has 30 heavy (non-hydrogen) atoms. The second kappa shape index (κ2) is 7.81. The van der Waals surface area contributed by atoms with E-state index in [-0.39, 0.29) is 28.2 Å². The molecule has 9 heteroatoms. The minimum atomic E-state index is -3.75. The van der Waals surface area contributed by atoms with E-state index in [4.69, 9.17) is 19.3 Å². The molecular formula is C21H26N2O6S. The molecule has 8 nitrogen and oxygen atoms in total. The Morgan fingerprint density at radius 1 is 0.967 bits per heavy atom. The molecule has 3 rings (SSSR count). The quantitative estimate of drug-likeness (QED) is 0.690. The number of hydrogen-bond donors (Lipinski definition) is 2. The van der Waals surface area contributed by atoms with Gasteiger partial charge in [0.05, 0.1) is 31.8 Å². The van der Waals surface area contributed by atoms with E-state index in [0.717, 1.165) is 5.56 Å². The summed E-state index contributed by atoms with van der Waals surface area (Å²) in [4.78, 5) is 13.1. The number of primary sulfonamides is 1. The van der Waals surface area contributed by atoms with Crippen LogP contribution in [0.5, 0.6) is 17.2 Å². The highest BCUT2D eigenvalue weighted by Crippen LogP contribution is 2.58. The monoisotopic (exact) mass is 434 g/mol. The number of carbonyl (C=O) groups excluding carboxylic acids is 1. The van der Waals surface area contributed by atoms with Crippen LogP contribution in [0.4, 0.5) is 0 Å². The number of benzene rings is 2. The Morgan fingerprint density at radius 3 is 2.07 bits per heavy atom. The van der Waals surface area contributed by atoms with Gasteiger partial charge in [-0.3, -0.25) is 4.79 Å². The minimum Gasteiger partial charge on any atom is -0.493 e. The molecule has 0 radical (unpaired) electrons. The molecule has 162 valence electrons. The van der Waals surface area contributed by atoms with Gasteiger partial charge in [0.15, 0.2) is 11.5 Å². The lowest BCUT2D eigenvalue weighted by atomic mass is 10.0. The van der Waals surface area contributed by atoms with Crippen LogP contribution in [0.15, 0.2) is 41.3 Å². The van der Waals surface area contributed by atoms with Crippen molar-refractivity contribution in [1.29, 1.82) is 0 Å². The summed E-state index contributed by atoms with van der Waals surface area (Å²) < 4.78 is 39.0. The van der Waals surface area contributed by atoms with Crippen LogP contribution < -0.4 is 24.7 Å². The maximum atomic E-state index is 13.0. The van der Waals surface area contributed by atoms with Crippen molar-refractivity contribution in [2.45, 2.75) is 30.7 Å². The lowest BCUT2D eigenvalue weighted by Crippen LogP contribution is -2.29. The molecule has 0 aromatic heterocycles. The van der Waals surface area contributed by atoms with Crippen molar-refractivity contribution in [3.05, 3.63) is 47.5 Å². The summed E-state index contributed by atoms with van der Waals surface area (Å²) in [6, 6.07) is 9.57. The van der Waals surface area contributed by atoms with E-state index in [0.29, 0.717) is 22.8 Å². The van der Waals surface area contributed by atoms with Gasteiger partial charge in [-0.25, -0.2) is 13.6 Å². The molecule has 1 aliphatic rings. The number of rotatable bonds is 7. The highest BCUT2D eigenvalue weighted by molar-refractivity contribution is 7.89. The van der Waals surface area contributed by atoms with Crippen LogP contribution in [0, 0.1) is 5.41 Å². The number of nitrogens with one attached hydrogen (secondary N) is 1. The van der Waals surface area contributed by atoms with E-state index >= 15 is 0 Å². The average molecular weight is 435 g/mol. The summed E-state index contributed by atoms with van der Waals surface area (Å²) >= 11 is 0. The van der Waals surface area contributed by atoms with Gasteiger partial charge in [0.2, 0.25) is 15.8 Å². The summed E-state index contributed by atoms with van der Waals surface area (Å²) in [5.74, 6) is 0.835. The number of methoxy groups -OCH3 is 3. The van der Waals surface area contributed by atoms with Crippen LogP contribution in [-0.4, -0.2) is 41.7 Å². The molecule has 2 aromatic carbocycles. The molecular weight excluding hydrogens is 408 g/mol. The van der Waals surface area contributed by atoms with Gasteiger partial charge in [0.1, 0.15) is 0 Å². The third-order valence-electron chi connectivity index (χ3n) is 5.63. The van der Waals surface area contributed by atoms with Gasteiger partial charge in [0, 0.05) is 12.0 Å². The Morgan fingerprint density at radius 2 is 1.57 bits per heavy atom. The normalized spacial score (nSPS) is 19.7. The van der Waals surface area contributed by atoms with E-state index in [2.05, 4.69) is 5.32 Å². The standard InChI is InChI=1S/C21H26N2O6S/c1-21(2)16(12-6-8-13(9-7-12)30(22,25)26)19(21)23-20(24)14-10-11-15(27-3)18(29-5)17(14)28-4/h6-11,16,19H,1-5H3,(H,23,24)(H2,22,25,26)/t16-,19-/m1/s1. The summed E-state index contributed by atoms with van der Waals surface area (Å²) in [5.41, 5.74) is 1.06. The summed E-state index contributed by atoms with van der Waals surface area (Å²) in [6.45, 7) is 4.09. The van der Waals surface area contributed by atoms with E-state index < -0.39 is 10.0 Å². The zero-order valence-corrected chi connectivity index (χ0v) is 18.4. The van der Waals surface area contributed by atoms with Crippen LogP contribution in [0.25, 0.3) is 0 Å². The van der Waals surface area contributed by atoms with Gasteiger partial charge in [-0.05, 0) is 35.2 Å². The molecule has 0 bridgehead atoms. The first-order chi connectivity index (χ1) is 14.1. The summed E-state index contributed by atoms with van der Waals surface area (Å²) in [7, 11) is 0.704. The number of nitrogens with two attached hydrogens (primary N) is 1. The fraction of sp³-hybridized carbons (Fsp3) is 0.381. The van der Waals surface area contributed by atoms with Crippen molar-refractivity contribution in [1.82, 2.24) is 5.32 Å². The van der Waals surface area contributed by atoms with Gasteiger partial charge >= 0.3 is 0 Å². The van der Waals surface area contributed by atoms with E-state index in [1.54, 1.807) is 24.3 Å². The number of amides is 1. The number of carbonyl (C=O) groups is 1. The van der Waals surface area contributed by atoms with Gasteiger partial charge in [0.25, 0.3) is 5.91 Å². The van der Waals surface area contributed by atoms with Gasteiger partial charge in [-0.2, -0.15) is 0 Å². The molecule has 0 aliphatic heterocycles. The fourth-order valence-electron chi connectivity index (χ4n) is 3.89. The van der Waals surface area contributed by atoms with E-state index in [9.17, 15) is 13.2 Å². The first-order valence-corrected chi connectivity index (χ1v) is 10.8. The van der Waals surface area contributed by atoms with E-state index in [1.807, 2.05) is 13.8 Å². The van der Waals surface area contributed by atoms with Crippen molar-refractivity contribution in [3.63, 3.8) is 0 Å². The molecule has 0 heterocycles. The summed E-state index contributed by atoms with van der Waals surface area (Å²) in [6.07, 6.45) is 0. The maximum absolute atomic E-state index is 13.0. The van der Waals surface area contributed by atoms with Crippen LogP contribution in [0.1, 0.15) is 35.7 Å². The average Bonchev–Trinajstić information content (AvgIpc) is 3.25. The maximum Gasteiger partial charge on any atom is 0.255 e. The van der Waals surface area contributed by atoms with Crippen molar-refractivity contribution in [2.75, 3.05) is 21.3 Å². The van der Waals surface area contributed by atoms with Crippen molar-refractivity contribution < 1.29 is 27.4 Å². The topological polar surface area (TPSA) is 117 Å². The third kappa shape index (κ3) is 3.82. The van der Waals surface area contributed by atoms with Crippen LogP contribution in [0.3, 0.4) is 0 Å². The van der Waals surface area contributed by atoms with Gasteiger partial charge in [-0.15, -0.1) is 0 Å². The number of hydrogen-bond acceptors (Lipinski definition) is 6. The molecule has 1 aliphatic carbocycles. The molecule has 1 fully saturated rings. The Hall–Kier alpha value is -2.78. The Labute approximate surface area is 176 Å². The van der Waals surface area contributed by atoms with Crippen molar-refractivity contribution in [2.24, 2.45) is 10.6 Å². The molecule has 1 saturated carbocycles. The fourth-order valence-corrected chi connectivity index (χ4v) is 4.41. The lowest BCUT2D eigenvalue weighted by Gasteiger charge is -2.16. The number of ether oxygens (including phenoxy) is 3. The molecule has 0 unspecified atom stereocenters. The summed E-state index contributed by atoms with van der Waals surface area (Å²) in [5, 5.41) is 8.22. The first-order valence-electron chi connectivity index (χ1n) is 9.28. The van der Waals surface area contributed by atoms with Crippen molar-refractivity contribution in [3.8, 4) is 17.2 Å². The van der Waals surface area contributed by atoms with E-state index in [1.165, 1.54) is 33.5 Å². The molecule has 2 aromatic rings. The number of sulfonamides is 1. The Kier molecular flexibility index (Phi) is 5.70. The Bertz CT molecular complexity index is 1060. The SMILES string of the molecule is COc1ccc(C(=O)N[C@@H]2[C@@H](c3ccc(S(N)(=O)=O)cc3)C2(C)C)c(OC)c1OC. The second-order valence-electron chi connectivity index (χ2n) is 7.75. The molecule has 0 spiro atoms. The zero-order valence-electron chi connectivity index (χ0n) is 17.6. The van der Waals surface area contributed by atoms with Gasteiger partial charge < -0.3 is 19.5 Å². The zero-order chi connectivity index (χ0) is 22.3. The molecule has 1 amide bonds. The van der Waals surface area contributed by atoms with Gasteiger partial charge in [-0.1, -0.05) is 26.0 Å². The highest BCUT2D eigenvalue weighted by Gasteiger charge is 2.59. The third-order valence-corrected chi connectivity index (χ3v) is 6.56. The molecule has 2 atom stereocenters. The van der Waals surface area contributed by atoms with Crippen molar-refractivity contribution >= 4 is 15.9 Å². The lowest BCUT2D eigenvalue weighted by molar-refractivity contribution is 0.0942. The van der Waals surface area contributed by atoms with Crippen LogP contribution in [-0.2, 0) is 10.0 Å². The van der Waals surface area contributed by atoms with Crippen LogP contribution in [0.2, 0.25) is 0 Å². The minimum absolute atomic E-state index is 0.0297. The molecule has 3 N–H and O–H groups in total. The highest BCUT2D eigenvalue weighted by atomic mass is 32.2. The van der Waals surface area contributed by atoms with Crippen LogP contribution >= 0.6 is 0 Å². The largest absolute Gasteiger partial charge is 0.493 e. The smallest absolute Gasteiger partial charge is 0.255 e. The first kappa shape index (κ1) is 21.9. The second-order valence-corrected chi connectivity index (χ2v) is 9.31. The predicted molar refractivity (Wildman–Crippen MR) is 112 cm³/mol. The molecule has 0 saturated heterocycles. The Balaban J connectivity index is 1.84.